The molecule has 0 fully saturated rings. The smallest absolute Gasteiger partial charge is 1.00 e. The first kappa shape index (κ1) is 44.8. The van der Waals surface area contributed by atoms with E-state index in [9.17, 15) is 0 Å². The van der Waals surface area contributed by atoms with Gasteiger partial charge in [0.2, 0.25) is 0 Å². The van der Waals surface area contributed by atoms with Gasteiger partial charge in [-0.1, -0.05) is 0 Å². The molecule has 287 valence electrons. The molecule has 0 amide bonds. The summed E-state index contributed by atoms with van der Waals surface area (Å²) in [5.74, 6) is 0.687. The van der Waals surface area contributed by atoms with Gasteiger partial charge in [0, 0.05) is 0 Å². The van der Waals surface area contributed by atoms with Gasteiger partial charge in [-0.2, -0.15) is 0 Å². The third-order valence-electron chi connectivity index (χ3n) is 12.8. The zero-order valence-electron chi connectivity index (χ0n) is 34.2. The van der Waals surface area contributed by atoms with Crippen LogP contribution in [0.4, 0.5) is 0 Å². The van der Waals surface area contributed by atoms with Crippen LogP contribution in [0, 0.1) is 0 Å². The van der Waals surface area contributed by atoms with Gasteiger partial charge in [-0.05, 0) is 0 Å². The van der Waals surface area contributed by atoms with Gasteiger partial charge in [0.1, 0.15) is 0 Å². The number of halogens is 2. The minimum atomic E-state index is -2.95. The van der Waals surface area contributed by atoms with Crippen LogP contribution in [0.5, 0.6) is 0 Å². The molecule has 2 aliphatic carbocycles. The van der Waals surface area contributed by atoms with Crippen molar-refractivity contribution in [2.24, 2.45) is 0 Å². The zero-order valence-corrected chi connectivity index (χ0v) is 41.3. The molecule has 6 rings (SSSR count). The maximum Gasteiger partial charge on any atom is -1.00 e. The van der Waals surface area contributed by atoms with E-state index in [1.165, 1.54) is 59.5 Å². The van der Waals surface area contributed by atoms with Crippen molar-refractivity contribution in [3.8, 4) is 0 Å². The minimum Gasteiger partial charge on any atom is -1.00 e. The summed E-state index contributed by atoms with van der Waals surface area (Å²) in [4.78, 5) is 0. The van der Waals surface area contributed by atoms with Gasteiger partial charge in [-0.3, -0.25) is 0 Å². The predicted octanol–water partition coefficient (Wildman–Crippen LogP) is 5.95. The maximum atomic E-state index is 7.70. The van der Waals surface area contributed by atoms with E-state index in [2.05, 4.69) is 189 Å². The van der Waals surface area contributed by atoms with E-state index in [0.717, 1.165) is 0 Å². The molecular weight excluding hydrogens is 831 g/mol. The average Bonchev–Trinajstić information content (AvgIpc) is 3.64. The van der Waals surface area contributed by atoms with Crippen molar-refractivity contribution in [1.82, 2.24) is 0 Å². The fraction of sp³-hybridized carbons (Fsp3) is 0.391. The molecule has 0 aromatic heterocycles. The Morgan fingerprint density at radius 1 is 0.537 bits per heavy atom. The van der Waals surface area contributed by atoms with Crippen molar-refractivity contribution in [3.05, 3.63) is 143 Å². The Hall–Kier alpha value is -1.93. The van der Waals surface area contributed by atoms with E-state index < -0.39 is 43.5 Å². The molecule has 4 aromatic rings. The molecule has 2 nitrogen and oxygen atoms in total. The van der Waals surface area contributed by atoms with Crippen LogP contribution in [0.1, 0.15) is 96.7 Å². The molecule has 8 heteroatoms. The number of hydrogen-bond acceptors (Lipinski definition) is 2. The number of rotatable bonds is 15. The number of hydrogen-bond donors (Lipinski definition) is 0. The molecule has 4 aromatic carbocycles. The van der Waals surface area contributed by atoms with Crippen molar-refractivity contribution in [2.45, 2.75) is 111 Å². The number of benzene rings is 4. The van der Waals surface area contributed by atoms with Crippen molar-refractivity contribution in [3.63, 3.8) is 0 Å². The van der Waals surface area contributed by atoms with E-state index in [1.807, 2.05) is 0 Å². The molecule has 2 atom stereocenters. The van der Waals surface area contributed by atoms with Crippen LogP contribution in [0.25, 0.3) is 12.2 Å². The summed E-state index contributed by atoms with van der Waals surface area (Å²) in [5, 5.41) is 3.41. The topological polar surface area (TPSA) is 18.5 Å². The van der Waals surface area contributed by atoms with Gasteiger partial charge in [0.15, 0.2) is 0 Å². The van der Waals surface area contributed by atoms with Gasteiger partial charge in [0.05, 0.1) is 0 Å². The normalized spacial score (nSPS) is 16.7. The number of fused-ring (bicyclic) bond motifs is 2. The Morgan fingerprint density at radius 2 is 0.870 bits per heavy atom. The van der Waals surface area contributed by atoms with Crippen LogP contribution >= 0.6 is 0 Å². The van der Waals surface area contributed by atoms with Crippen molar-refractivity contribution in [2.75, 3.05) is 0 Å². The van der Waals surface area contributed by atoms with Crippen LogP contribution in [0.3, 0.4) is 0 Å². The quantitative estimate of drug-likeness (QED) is 0.138. The molecule has 0 heterocycles. The summed E-state index contributed by atoms with van der Waals surface area (Å²) in [7, 11) is -4.40. The van der Waals surface area contributed by atoms with E-state index in [4.69, 9.17) is 8.85 Å². The molecule has 54 heavy (non-hydrogen) atoms. The van der Waals surface area contributed by atoms with Gasteiger partial charge in [0.25, 0.3) is 0 Å². The van der Waals surface area contributed by atoms with Crippen LogP contribution in [-0.4, -0.2) is 22.6 Å². The minimum absolute atomic E-state index is 0. The van der Waals surface area contributed by atoms with Gasteiger partial charge in [-0.15, -0.1) is 0 Å². The molecule has 2 aliphatic rings. The van der Waals surface area contributed by atoms with Crippen LogP contribution in [-0.2, 0) is 29.8 Å². The first-order valence-corrected chi connectivity index (χ1v) is 34.3. The van der Waals surface area contributed by atoms with Crippen molar-refractivity contribution >= 4 is 45.1 Å². The van der Waals surface area contributed by atoms with Gasteiger partial charge >= 0.3 is 329 Å². The largest absolute Gasteiger partial charge is 1.00 e. The first-order valence-electron chi connectivity index (χ1n) is 19.7. The maximum absolute atomic E-state index is 7.70. The third-order valence-corrected chi connectivity index (χ3v) is 44.1. The monoisotopic (exact) mass is 889 g/mol. The molecule has 2 unspecified atom stereocenters. The molecular formula is C46H61Cl2O2Si3Zr. The molecule has 0 radical (unpaired) electrons. The van der Waals surface area contributed by atoms with Crippen molar-refractivity contribution in [1.29, 1.82) is 0 Å². The first-order chi connectivity index (χ1) is 24.7. The Morgan fingerprint density at radius 3 is 1.22 bits per heavy atom. The predicted molar refractivity (Wildman–Crippen MR) is 229 cm³/mol. The average molecular weight is 892 g/mol. The summed E-state index contributed by atoms with van der Waals surface area (Å²) >= 11 is -2.95. The molecule has 0 saturated heterocycles. The second-order valence-electron chi connectivity index (χ2n) is 17.5. The van der Waals surface area contributed by atoms with E-state index in [-0.39, 0.29) is 42.1 Å². The Balaban J connectivity index is 0.00000325. The van der Waals surface area contributed by atoms with Crippen molar-refractivity contribution < 1.29 is 54.6 Å². The Labute approximate surface area is 350 Å². The van der Waals surface area contributed by atoms with Crippen LogP contribution < -0.4 is 35.2 Å². The van der Waals surface area contributed by atoms with E-state index in [1.54, 1.807) is 10.4 Å². The zero-order chi connectivity index (χ0) is 37.3. The van der Waals surface area contributed by atoms with Gasteiger partial charge < -0.3 is 24.8 Å². The van der Waals surface area contributed by atoms with E-state index >= 15 is 0 Å². The van der Waals surface area contributed by atoms with Gasteiger partial charge in [-0.25, -0.2) is 0 Å². The standard InChI is InChI=1S/2C17H25OSi.C12H11Si.2ClH.Zr/c2*1-6-11-17(2,3)19(4,5)18-16-12-14-9-7-8-10-15(14)13-16;1-3-7-11(8-4-1)13-12-9-5-2-6-10-12;;;/h2*7-10,12-13H,6,11H2,1-5H3;1-10,13H;2*1H;/q;;;;;+2/p-2. The Bertz CT molecular complexity index is 1770. The summed E-state index contributed by atoms with van der Waals surface area (Å²) in [6.45, 7) is 24.3. The fourth-order valence-corrected chi connectivity index (χ4v) is 39.6. The molecule has 0 spiro atoms. The molecule has 0 N–H and O–H groups in total. The second kappa shape index (κ2) is 18.1. The van der Waals surface area contributed by atoms with Crippen LogP contribution in [0.15, 0.2) is 121 Å². The number of allylic oxidation sites excluding steroid dienone is 2. The SMILES string of the molecule is CCCC(C)(C)[Si](C)(C)OC1=Cc2ccccc2[CH]1[Zr+2]([CH]1C(O[Si](C)(C)C(C)(C)CCC)=Cc2ccccc21)[SiH](c1ccccc1)c1ccccc1.[Cl-].[Cl-]. The summed E-state index contributed by atoms with van der Waals surface area (Å²) in [6, 6.07) is 41.8. The van der Waals surface area contributed by atoms with Crippen LogP contribution in [0.2, 0.25) is 36.3 Å². The Kier molecular flexibility index (Phi) is 15.0. The molecule has 0 aliphatic heterocycles. The summed E-state index contributed by atoms with van der Waals surface area (Å²) < 4.78 is 16.0. The second-order valence-corrected chi connectivity index (χ2v) is 42.3. The summed E-state index contributed by atoms with van der Waals surface area (Å²) in [6.07, 6.45) is 9.63. The molecule has 0 bridgehead atoms. The molecule has 0 saturated carbocycles. The summed E-state index contributed by atoms with van der Waals surface area (Å²) in [5.41, 5.74) is 5.68. The van der Waals surface area contributed by atoms with E-state index in [0.29, 0.717) is 0 Å². The fourth-order valence-electron chi connectivity index (χ4n) is 8.54. The third kappa shape index (κ3) is 8.95.